The molecule has 0 saturated carbocycles. The van der Waals surface area contributed by atoms with Crippen molar-refractivity contribution in [2.24, 2.45) is 0 Å². The number of aryl methyl sites for hydroxylation is 2. The molecule has 2 aromatic rings. The largest absolute Gasteiger partial charge is 0.323 e. The molecule has 0 spiro atoms. The van der Waals surface area contributed by atoms with Crippen LogP contribution in [0.25, 0.3) is 0 Å². The van der Waals surface area contributed by atoms with Crippen LogP contribution in [0.3, 0.4) is 0 Å². The van der Waals surface area contributed by atoms with E-state index in [4.69, 9.17) is 4.98 Å². The van der Waals surface area contributed by atoms with Crippen molar-refractivity contribution in [1.82, 2.24) is 10.3 Å². The van der Waals surface area contributed by atoms with Crippen molar-refractivity contribution in [3.63, 3.8) is 0 Å². The van der Waals surface area contributed by atoms with Crippen molar-refractivity contribution in [2.45, 2.75) is 39.3 Å². The summed E-state index contributed by atoms with van der Waals surface area (Å²) in [5.74, 6) is 1.06. The molecule has 1 aromatic heterocycles. The fraction of sp³-hybridized carbons (Fsp3) is 0.389. The van der Waals surface area contributed by atoms with Gasteiger partial charge in [-0.25, -0.2) is 4.98 Å². The monoisotopic (exact) mass is 281 g/mol. The Morgan fingerprint density at radius 1 is 1.24 bits per heavy atom. The fourth-order valence-electron chi connectivity index (χ4n) is 3.13. The van der Waals surface area contributed by atoms with Gasteiger partial charge in [-0.2, -0.15) is 0 Å². The molecule has 1 atom stereocenters. The lowest BCUT2D eigenvalue weighted by molar-refractivity contribution is 0.612. The van der Waals surface area contributed by atoms with Crippen LogP contribution >= 0.6 is 0 Å². The highest BCUT2D eigenvalue weighted by Gasteiger charge is 2.25. The van der Waals surface area contributed by atoms with Gasteiger partial charge in [-0.05, 0) is 57.0 Å². The van der Waals surface area contributed by atoms with Crippen molar-refractivity contribution in [1.29, 1.82) is 0 Å². The van der Waals surface area contributed by atoms with E-state index in [0.717, 1.165) is 24.5 Å². The molecule has 3 heteroatoms. The van der Waals surface area contributed by atoms with E-state index < -0.39 is 0 Å². The number of benzene rings is 1. The smallest absolute Gasteiger partial charge is 0.133 e. The van der Waals surface area contributed by atoms with Crippen molar-refractivity contribution in [3.05, 3.63) is 53.2 Å². The third-order valence-electron chi connectivity index (χ3n) is 4.32. The summed E-state index contributed by atoms with van der Waals surface area (Å²) in [7, 11) is 1.97. The molecule has 3 rings (SSSR count). The van der Waals surface area contributed by atoms with E-state index in [-0.39, 0.29) is 0 Å². The van der Waals surface area contributed by atoms with Crippen molar-refractivity contribution >= 4 is 11.5 Å². The normalized spacial score (nSPS) is 17.7. The van der Waals surface area contributed by atoms with Crippen LogP contribution in [0.2, 0.25) is 0 Å². The molecule has 0 aliphatic carbocycles. The minimum absolute atomic E-state index is 0.488. The maximum Gasteiger partial charge on any atom is 0.133 e. The number of fused-ring (bicyclic) bond motifs is 1. The number of nitrogens with one attached hydrogen (secondary N) is 1. The summed E-state index contributed by atoms with van der Waals surface area (Å²) in [5.41, 5.74) is 5.11. The Morgan fingerprint density at radius 2 is 2.05 bits per heavy atom. The Bertz CT molecular complexity index is 636. The van der Waals surface area contributed by atoms with Gasteiger partial charge in [-0.1, -0.05) is 24.3 Å². The number of rotatable bonds is 3. The Hall–Kier alpha value is -1.87. The molecule has 110 valence electrons. The maximum atomic E-state index is 4.85. The average molecular weight is 281 g/mol. The van der Waals surface area contributed by atoms with Gasteiger partial charge in [0, 0.05) is 24.0 Å². The third-order valence-corrected chi connectivity index (χ3v) is 4.32. The summed E-state index contributed by atoms with van der Waals surface area (Å²) >= 11 is 0. The summed E-state index contributed by atoms with van der Waals surface area (Å²) < 4.78 is 0. The van der Waals surface area contributed by atoms with E-state index in [1.807, 2.05) is 7.05 Å². The summed E-state index contributed by atoms with van der Waals surface area (Å²) in [4.78, 5) is 7.23. The molecule has 3 nitrogen and oxygen atoms in total. The van der Waals surface area contributed by atoms with Crippen molar-refractivity contribution < 1.29 is 0 Å². The molecule has 0 amide bonds. The van der Waals surface area contributed by atoms with Gasteiger partial charge in [0.25, 0.3) is 0 Å². The van der Waals surface area contributed by atoms with Crippen LogP contribution in [0, 0.1) is 6.92 Å². The molecule has 0 saturated heterocycles. The molecule has 1 N–H and O–H groups in total. The van der Waals surface area contributed by atoms with Gasteiger partial charge < -0.3 is 10.2 Å². The van der Waals surface area contributed by atoms with Gasteiger partial charge in [-0.3, -0.25) is 0 Å². The topological polar surface area (TPSA) is 28.2 Å². The maximum absolute atomic E-state index is 4.85. The first-order valence-electron chi connectivity index (χ1n) is 7.69. The predicted octanol–water partition coefficient (Wildman–Crippen LogP) is 3.58. The number of aromatic nitrogens is 1. The van der Waals surface area contributed by atoms with E-state index in [1.54, 1.807) is 0 Å². The number of anilines is 2. The minimum Gasteiger partial charge on any atom is -0.323 e. The first-order chi connectivity index (χ1) is 10.2. The minimum atomic E-state index is 0.488. The molecule has 21 heavy (non-hydrogen) atoms. The molecule has 0 fully saturated rings. The zero-order valence-corrected chi connectivity index (χ0v) is 13.1. The Balaban J connectivity index is 2.01. The summed E-state index contributed by atoms with van der Waals surface area (Å²) in [5, 5.41) is 3.19. The predicted molar refractivity (Wildman–Crippen MR) is 88.1 cm³/mol. The first-order valence-corrected chi connectivity index (χ1v) is 7.69. The van der Waals surface area contributed by atoms with Gasteiger partial charge in [0.15, 0.2) is 0 Å². The second-order valence-corrected chi connectivity index (χ2v) is 5.83. The quantitative estimate of drug-likeness (QED) is 0.932. The summed E-state index contributed by atoms with van der Waals surface area (Å²) in [6.45, 7) is 5.25. The number of hydrogen-bond donors (Lipinski definition) is 1. The Kier molecular flexibility index (Phi) is 3.93. The highest BCUT2D eigenvalue weighted by molar-refractivity contribution is 5.66. The SMILES string of the molecule is CNCc1ccc(N2c3ccccc3CCC2C)nc1C. The second kappa shape index (κ2) is 5.86. The standard InChI is InChI=1S/C18H23N3/c1-13-8-9-15-6-4-5-7-17(15)21(13)18-11-10-16(12-19-3)14(2)20-18/h4-7,10-11,13,19H,8-9,12H2,1-3H3. The summed E-state index contributed by atoms with van der Waals surface area (Å²) in [6, 6.07) is 13.5. The van der Waals surface area contributed by atoms with Gasteiger partial charge in [0.2, 0.25) is 0 Å². The average Bonchev–Trinajstić information content (AvgIpc) is 2.49. The molecule has 2 heterocycles. The van der Waals surface area contributed by atoms with E-state index >= 15 is 0 Å². The van der Waals surface area contributed by atoms with Gasteiger partial charge in [0.05, 0.1) is 0 Å². The van der Waals surface area contributed by atoms with Crippen LogP contribution in [-0.2, 0) is 13.0 Å². The van der Waals surface area contributed by atoms with Crippen LogP contribution < -0.4 is 10.2 Å². The summed E-state index contributed by atoms with van der Waals surface area (Å²) in [6.07, 6.45) is 2.33. The highest BCUT2D eigenvalue weighted by atomic mass is 15.2. The number of nitrogens with zero attached hydrogens (tertiary/aromatic N) is 2. The van der Waals surface area contributed by atoms with Crippen LogP contribution in [-0.4, -0.2) is 18.1 Å². The molecule has 0 bridgehead atoms. The highest BCUT2D eigenvalue weighted by Crippen LogP contribution is 2.35. The number of pyridine rings is 1. The lowest BCUT2D eigenvalue weighted by Crippen LogP contribution is -2.34. The molecule has 1 aliphatic heterocycles. The Morgan fingerprint density at radius 3 is 2.81 bits per heavy atom. The first kappa shape index (κ1) is 14.1. The lowest BCUT2D eigenvalue weighted by atomic mass is 9.96. The zero-order valence-electron chi connectivity index (χ0n) is 13.1. The zero-order chi connectivity index (χ0) is 14.8. The van der Waals surface area contributed by atoms with Gasteiger partial charge in [-0.15, -0.1) is 0 Å². The molecular weight excluding hydrogens is 258 g/mol. The van der Waals surface area contributed by atoms with Gasteiger partial charge >= 0.3 is 0 Å². The van der Waals surface area contributed by atoms with Gasteiger partial charge in [0.1, 0.15) is 5.82 Å². The van der Waals surface area contributed by atoms with Crippen LogP contribution in [0.1, 0.15) is 30.2 Å². The molecule has 1 aromatic carbocycles. The Labute approximate surface area is 127 Å². The van der Waals surface area contributed by atoms with E-state index in [1.165, 1.54) is 23.2 Å². The molecule has 1 aliphatic rings. The number of para-hydroxylation sites is 1. The lowest BCUT2D eigenvalue weighted by Gasteiger charge is -2.36. The second-order valence-electron chi connectivity index (χ2n) is 5.83. The van der Waals surface area contributed by atoms with Crippen molar-refractivity contribution in [3.8, 4) is 0 Å². The molecule has 1 unspecified atom stereocenters. The van der Waals surface area contributed by atoms with Crippen LogP contribution in [0.15, 0.2) is 36.4 Å². The molecular formula is C18H23N3. The fourth-order valence-corrected chi connectivity index (χ4v) is 3.13. The number of hydrogen-bond acceptors (Lipinski definition) is 3. The van der Waals surface area contributed by atoms with Crippen molar-refractivity contribution in [2.75, 3.05) is 11.9 Å². The van der Waals surface area contributed by atoms with Crippen LogP contribution in [0.5, 0.6) is 0 Å². The molecule has 0 radical (unpaired) electrons. The third kappa shape index (κ3) is 2.66. The van der Waals surface area contributed by atoms with E-state index in [9.17, 15) is 0 Å². The van der Waals surface area contributed by atoms with Crippen LogP contribution in [0.4, 0.5) is 11.5 Å². The van der Waals surface area contributed by atoms with E-state index in [2.05, 4.69) is 60.5 Å². The van der Waals surface area contributed by atoms with E-state index in [0.29, 0.717) is 6.04 Å².